The van der Waals surface area contributed by atoms with Crippen LogP contribution in [-0.2, 0) is 0 Å². The van der Waals surface area contributed by atoms with Gasteiger partial charge in [-0.3, -0.25) is 0 Å². The van der Waals surface area contributed by atoms with Gasteiger partial charge < -0.3 is 5.73 Å². The van der Waals surface area contributed by atoms with Crippen LogP contribution in [0.1, 0.15) is 18.5 Å². The van der Waals surface area contributed by atoms with Gasteiger partial charge >= 0.3 is 0 Å². The largest absolute Gasteiger partial charge is 0.324 e. The topological polar surface area (TPSA) is 38.9 Å². The van der Waals surface area contributed by atoms with Crippen molar-refractivity contribution in [3.63, 3.8) is 0 Å². The summed E-state index contributed by atoms with van der Waals surface area (Å²) in [5.74, 6) is -0.254. The zero-order valence-corrected chi connectivity index (χ0v) is 10.2. The lowest BCUT2D eigenvalue weighted by molar-refractivity contribution is 0.591. The minimum absolute atomic E-state index is 0.197. The first kappa shape index (κ1) is 12.1. The molecule has 17 heavy (non-hydrogen) atoms. The van der Waals surface area contributed by atoms with Gasteiger partial charge in [0.25, 0.3) is 0 Å². The number of pyridine rings is 1. The van der Waals surface area contributed by atoms with Gasteiger partial charge in [-0.2, -0.15) is 0 Å². The number of rotatable bonds is 3. The molecular formula is C13H13FN2S. The number of benzene rings is 1. The van der Waals surface area contributed by atoms with Crippen LogP contribution in [0.25, 0.3) is 0 Å². The van der Waals surface area contributed by atoms with Crippen molar-refractivity contribution in [3.8, 4) is 0 Å². The van der Waals surface area contributed by atoms with E-state index in [1.807, 2.05) is 31.2 Å². The van der Waals surface area contributed by atoms with E-state index >= 15 is 0 Å². The fraction of sp³-hybridized carbons (Fsp3) is 0.154. The van der Waals surface area contributed by atoms with Crippen LogP contribution in [0.15, 0.2) is 52.5 Å². The Kier molecular flexibility index (Phi) is 3.76. The second kappa shape index (κ2) is 5.29. The van der Waals surface area contributed by atoms with Crippen molar-refractivity contribution in [3.05, 3.63) is 54.0 Å². The van der Waals surface area contributed by atoms with Crippen molar-refractivity contribution in [2.24, 2.45) is 5.73 Å². The van der Waals surface area contributed by atoms with Crippen LogP contribution in [0.4, 0.5) is 4.39 Å². The summed E-state index contributed by atoms with van der Waals surface area (Å²) in [5.41, 5.74) is 6.64. The highest BCUT2D eigenvalue weighted by molar-refractivity contribution is 7.99. The molecule has 1 atom stereocenters. The molecule has 2 nitrogen and oxygen atoms in total. The number of hydrogen-bond donors (Lipinski definition) is 1. The normalized spacial score (nSPS) is 12.4. The summed E-state index contributed by atoms with van der Waals surface area (Å²) in [7, 11) is 0. The van der Waals surface area contributed by atoms with E-state index in [-0.39, 0.29) is 11.9 Å². The summed E-state index contributed by atoms with van der Waals surface area (Å²) in [4.78, 5) is 4.73. The molecule has 1 aromatic carbocycles. The van der Waals surface area contributed by atoms with Crippen LogP contribution >= 0.6 is 11.8 Å². The van der Waals surface area contributed by atoms with Gasteiger partial charge in [0.2, 0.25) is 0 Å². The van der Waals surface area contributed by atoms with Crippen LogP contribution in [0, 0.1) is 5.82 Å². The molecule has 0 saturated heterocycles. The monoisotopic (exact) mass is 248 g/mol. The number of hydrogen-bond acceptors (Lipinski definition) is 3. The first-order valence-electron chi connectivity index (χ1n) is 5.31. The predicted molar refractivity (Wildman–Crippen MR) is 67.4 cm³/mol. The van der Waals surface area contributed by atoms with Crippen molar-refractivity contribution in [2.75, 3.05) is 0 Å². The SMILES string of the molecule is C[C@@H](N)c1cccc(F)c1Sc1ccccn1. The smallest absolute Gasteiger partial charge is 0.137 e. The first-order valence-corrected chi connectivity index (χ1v) is 6.13. The third-order valence-corrected chi connectivity index (χ3v) is 3.42. The van der Waals surface area contributed by atoms with E-state index in [0.717, 1.165) is 10.6 Å². The quantitative estimate of drug-likeness (QED) is 0.905. The predicted octanol–water partition coefficient (Wildman–Crippen LogP) is 3.39. The van der Waals surface area contributed by atoms with E-state index in [4.69, 9.17) is 5.73 Å². The molecule has 0 unspecified atom stereocenters. The minimum Gasteiger partial charge on any atom is -0.324 e. The Labute approximate surface area is 104 Å². The second-order valence-electron chi connectivity index (χ2n) is 3.72. The molecule has 1 heterocycles. The average molecular weight is 248 g/mol. The molecule has 0 saturated carbocycles. The molecule has 0 bridgehead atoms. The van der Waals surface area contributed by atoms with E-state index in [0.29, 0.717) is 4.90 Å². The van der Waals surface area contributed by atoms with Gasteiger partial charge in [0, 0.05) is 12.2 Å². The maximum Gasteiger partial charge on any atom is 0.137 e. The Morgan fingerprint density at radius 1 is 1.24 bits per heavy atom. The van der Waals surface area contributed by atoms with E-state index in [9.17, 15) is 4.39 Å². The minimum atomic E-state index is -0.254. The summed E-state index contributed by atoms with van der Waals surface area (Å²) < 4.78 is 13.8. The van der Waals surface area contributed by atoms with E-state index in [1.54, 1.807) is 12.3 Å². The van der Waals surface area contributed by atoms with Gasteiger partial charge in [-0.15, -0.1) is 0 Å². The Balaban J connectivity index is 2.38. The molecule has 0 amide bonds. The Hall–Kier alpha value is -1.39. The molecule has 0 radical (unpaired) electrons. The highest BCUT2D eigenvalue weighted by atomic mass is 32.2. The van der Waals surface area contributed by atoms with Crippen LogP contribution in [0.3, 0.4) is 0 Å². The Morgan fingerprint density at radius 2 is 2.06 bits per heavy atom. The maximum atomic E-state index is 13.8. The number of nitrogens with two attached hydrogens (primary N) is 1. The average Bonchev–Trinajstić information content (AvgIpc) is 2.33. The van der Waals surface area contributed by atoms with Crippen LogP contribution in [0.5, 0.6) is 0 Å². The fourth-order valence-electron chi connectivity index (χ4n) is 1.50. The molecule has 2 rings (SSSR count). The maximum absolute atomic E-state index is 13.8. The second-order valence-corrected chi connectivity index (χ2v) is 4.75. The van der Waals surface area contributed by atoms with Gasteiger partial charge in [0.05, 0.1) is 4.90 Å². The molecule has 0 aliphatic rings. The van der Waals surface area contributed by atoms with Crippen molar-refractivity contribution in [1.82, 2.24) is 4.98 Å². The molecule has 0 aliphatic heterocycles. The molecule has 0 spiro atoms. The zero-order valence-electron chi connectivity index (χ0n) is 9.43. The van der Waals surface area contributed by atoms with Crippen molar-refractivity contribution >= 4 is 11.8 Å². The van der Waals surface area contributed by atoms with Crippen molar-refractivity contribution in [2.45, 2.75) is 22.9 Å². The number of halogens is 1. The van der Waals surface area contributed by atoms with Gasteiger partial charge in [-0.05, 0) is 30.7 Å². The van der Waals surface area contributed by atoms with Gasteiger partial charge in [0.15, 0.2) is 0 Å². The van der Waals surface area contributed by atoms with Crippen LogP contribution < -0.4 is 5.73 Å². The fourth-order valence-corrected chi connectivity index (χ4v) is 2.51. The van der Waals surface area contributed by atoms with Crippen LogP contribution in [-0.4, -0.2) is 4.98 Å². The molecule has 2 aromatic rings. The molecule has 2 N–H and O–H groups in total. The lowest BCUT2D eigenvalue weighted by Crippen LogP contribution is -2.07. The summed E-state index contributed by atoms with van der Waals surface area (Å²) in [6.07, 6.45) is 1.69. The summed E-state index contributed by atoms with van der Waals surface area (Å²) >= 11 is 1.30. The molecule has 1 aromatic heterocycles. The zero-order chi connectivity index (χ0) is 12.3. The van der Waals surface area contributed by atoms with E-state index in [1.165, 1.54) is 17.8 Å². The molecule has 0 aliphatic carbocycles. The van der Waals surface area contributed by atoms with Gasteiger partial charge in [0.1, 0.15) is 10.8 Å². The van der Waals surface area contributed by atoms with Gasteiger partial charge in [-0.1, -0.05) is 30.0 Å². The van der Waals surface area contributed by atoms with Crippen LogP contribution in [0.2, 0.25) is 0 Å². The number of aromatic nitrogens is 1. The molecule has 4 heteroatoms. The molecular weight excluding hydrogens is 235 g/mol. The lowest BCUT2D eigenvalue weighted by Gasteiger charge is -2.12. The van der Waals surface area contributed by atoms with E-state index in [2.05, 4.69) is 4.98 Å². The summed E-state index contributed by atoms with van der Waals surface area (Å²) in [5, 5.41) is 0.763. The first-order chi connectivity index (χ1) is 8.18. The Bertz CT molecular complexity index is 500. The van der Waals surface area contributed by atoms with Crippen molar-refractivity contribution < 1.29 is 4.39 Å². The number of nitrogens with zero attached hydrogens (tertiary/aromatic N) is 1. The summed E-state index contributed by atoms with van der Waals surface area (Å²) in [6, 6.07) is 10.3. The molecule has 88 valence electrons. The van der Waals surface area contributed by atoms with Crippen molar-refractivity contribution in [1.29, 1.82) is 0 Å². The molecule has 0 fully saturated rings. The third-order valence-electron chi connectivity index (χ3n) is 2.33. The highest BCUT2D eigenvalue weighted by Crippen LogP contribution is 2.33. The standard InChI is InChI=1S/C13H13FN2S/c1-9(15)10-5-4-6-11(14)13(10)17-12-7-2-3-8-16-12/h2-9H,15H2,1H3/t9-/m1/s1. The van der Waals surface area contributed by atoms with Gasteiger partial charge in [-0.25, -0.2) is 9.37 Å². The Morgan fingerprint density at radius 3 is 2.71 bits per heavy atom. The summed E-state index contributed by atoms with van der Waals surface area (Å²) in [6.45, 7) is 1.84. The third kappa shape index (κ3) is 2.84. The van der Waals surface area contributed by atoms with E-state index < -0.39 is 0 Å². The lowest BCUT2D eigenvalue weighted by atomic mass is 10.1. The highest BCUT2D eigenvalue weighted by Gasteiger charge is 2.13.